The van der Waals surface area contributed by atoms with E-state index >= 15 is 0 Å². The number of nitrogens with one attached hydrogen (secondary N) is 1. The van der Waals surface area contributed by atoms with E-state index in [2.05, 4.69) is 19.2 Å². The summed E-state index contributed by atoms with van der Waals surface area (Å²) in [5.74, 6) is 1.34. The van der Waals surface area contributed by atoms with Crippen molar-refractivity contribution in [1.82, 2.24) is 10.2 Å². The number of benzene rings is 2. The van der Waals surface area contributed by atoms with E-state index < -0.39 is 0 Å². The zero-order valence-electron chi connectivity index (χ0n) is 19.3. The van der Waals surface area contributed by atoms with E-state index in [-0.39, 0.29) is 23.8 Å². The van der Waals surface area contributed by atoms with Gasteiger partial charge in [-0.25, -0.2) is 0 Å². The zero-order valence-corrected chi connectivity index (χ0v) is 19.3. The Bertz CT molecular complexity index is 888. The van der Waals surface area contributed by atoms with Crippen molar-refractivity contribution in [1.29, 1.82) is 0 Å². The van der Waals surface area contributed by atoms with Gasteiger partial charge < -0.3 is 19.7 Å². The normalized spacial score (nSPS) is 14.3. The van der Waals surface area contributed by atoms with Gasteiger partial charge in [-0.3, -0.25) is 9.59 Å². The second kappa shape index (κ2) is 11.6. The molecule has 2 amide bonds. The van der Waals surface area contributed by atoms with Crippen LogP contribution in [0.25, 0.3) is 0 Å². The van der Waals surface area contributed by atoms with Gasteiger partial charge in [0.15, 0.2) is 11.5 Å². The lowest BCUT2D eigenvalue weighted by molar-refractivity contribution is -0.136. The maximum atomic E-state index is 12.8. The van der Waals surface area contributed by atoms with Gasteiger partial charge in [0.1, 0.15) is 6.61 Å². The van der Waals surface area contributed by atoms with Crippen molar-refractivity contribution < 1.29 is 19.1 Å². The van der Waals surface area contributed by atoms with Crippen LogP contribution in [0.2, 0.25) is 0 Å². The fourth-order valence-corrected chi connectivity index (χ4v) is 4.07. The number of methoxy groups -OCH3 is 1. The molecule has 1 fully saturated rings. The van der Waals surface area contributed by atoms with Crippen molar-refractivity contribution in [3.8, 4) is 11.5 Å². The van der Waals surface area contributed by atoms with Gasteiger partial charge in [0, 0.05) is 30.6 Å². The van der Waals surface area contributed by atoms with Crippen molar-refractivity contribution >= 4 is 11.8 Å². The van der Waals surface area contributed by atoms with Crippen molar-refractivity contribution in [2.24, 2.45) is 5.92 Å². The number of ether oxygens (including phenoxy) is 2. The SMILES string of the molecule is CCC(CC)C(=O)N1CCC(NC(=O)c2ccc(OCc3ccccc3)c(OC)c2)CC1. The summed E-state index contributed by atoms with van der Waals surface area (Å²) in [4.78, 5) is 27.3. The van der Waals surface area contributed by atoms with Crippen LogP contribution in [0.4, 0.5) is 0 Å². The number of rotatable bonds is 9. The highest BCUT2D eigenvalue weighted by atomic mass is 16.5. The molecule has 2 aromatic rings. The summed E-state index contributed by atoms with van der Waals surface area (Å²) in [6.07, 6.45) is 3.29. The Hall–Kier alpha value is -3.02. The Kier molecular flexibility index (Phi) is 8.54. The number of likely N-dealkylation sites (tertiary alicyclic amines) is 1. The van der Waals surface area contributed by atoms with E-state index in [0.29, 0.717) is 36.8 Å². The first kappa shape index (κ1) is 23.6. The molecule has 1 saturated heterocycles. The van der Waals surface area contributed by atoms with Crippen LogP contribution in [0.5, 0.6) is 11.5 Å². The predicted molar refractivity (Wildman–Crippen MR) is 125 cm³/mol. The molecule has 172 valence electrons. The Labute approximate surface area is 190 Å². The smallest absolute Gasteiger partial charge is 0.251 e. The molecule has 1 aliphatic rings. The molecule has 0 aliphatic carbocycles. The molecule has 32 heavy (non-hydrogen) atoms. The highest BCUT2D eigenvalue weighted by molar-refractivity contribution is 5.95. The number of piperidine rings is 1. The minimum absolute atomic E-state index is 0.0632. The fourth-order valence-electron chi connectivity index (χ4n) is 4.07. The van der Waals surface area contributed by atoms with Crippen LogP contribution in [0.3, 0.4) is 0 Å². The van der Waals surface area contributed by atoms with E-state index in [1.807, 2.05) is 35.2 Å². The molecule has 6 heteroatoms. The molecule has 0 aromatic heterocycles. The van der Waals surface area contributed by atoms with Crippen LogP contribution in [0, 0.1) is 5.92 Å². The molecule has 1 heterocycles. The molecule has 1 N–H and O–H groups in total. The van der Waals surface area contributed by atoms with Gasteiger partial charge in [0.05, 0.1) is 7.11 Å². The lowest BCUT2D eigenvalue weighted by Crippen LogP contribution is -2.48. The first-order chi connectivity index (χ1) is 15.5. The summed E-state index contributed by atoms with van der Waals surface area (Å²) in [5, 5.41) is 3.11. The molecule has 0 spiro atoms. The maximum absolute atomic E-state index is 12.8. The summed E-state index contributed by atoms with van der Waals surface area (Å²) in [5.41, 5.74) is 1.59. The van der Waals surface area contributed by atoms with E-state index in [1.165, 1.54) is 0 Å². The number of amides is 2. The van der Waals surface area contributed by atoms with E-state index in [9.17, 15) is 9.59 Å². The van der Waals surface area contributed by atoms with Gasteiger partial charge in [-0.2, -0.15) is 0 Å². The van der Waals surface area contributed by atoms with Crippen LogP contribution in [-0.4, -0.2) is 43.0 Å². The molecule has 3 rings (SSSR count). The van der Waals surface area contributed by atoms with Gasteiger partial charge >= 0.3 is 0 Å². The van der Waals surface area contributed by atoms with Crippen LogP contribution in [0.15, 0.2) is 48.5 Å². The summed E-state index contributed by atoms with van der Waals surface area (Å²) in [6.45, 7) is 5.93. The second-order valence-corrected chi connectivity index (χ2v) is 8.23. The van der Waals surface area contributed by atoms with Crippen LogP contribution in [0.1, 0.15) is 55.5 Å². The van der Waals surface area contributed by atoms with Crippen molar-refractivity contribution in [2.45, 2.75) is 52.2 Å². The highest BCUT2D eigenvalue weighted by Gasteiger charge is 2.27. The topological polar surface area (TPSA) is 67.9 Å². The molecular weight excluding hydrogens is 404 g/mol. The standard InChI is InChI=1S/C26H34N2O4/c1-4-20(5-2)26(30)28-15-13-22(14-16-28)27-25(29)21-11-12-23(24(17-21)31-3)32-18-19-9-7-6-8-10-19/h6-12,17,20,22H,4-5,13-16,18H2,1-3H3,(H,27,29). The third-order valence-corrected chi connectivity index (χ3v) is 6.14. The molecular formula is C26H34N2O4. The minimum Gasteiger partial charge on any atom is -0.493 e. The summed E-state index contributed by atoms with van der Waals surface area (Å²) in [7, 11) is 1.57. The Morgan fingerprint density at radius 2 is 1.72 bits per heavy atom. The number of carbonyl (C=O) groups excluding carboxylic acids is 2. The van der Waals surface area contributed by atoms with Gasteiger partial charge in [-0.05, 0) is 49.4 Å². The van der Waals surface area contributed by atoms with Crippen molar-refractivity contribution in [3.63, 3.8) is 0 Å². The summed E-state index contributed by atoms with van der Waals surface area (Å²) in [6, 6.07) is 15.2. The Morgan fingerprint density at radius 1 is 1.03 bits per heavy atom. The van der Waals surface area contributed by atoms with Crippen molar-refractivity contribution in [3.05, 3.63) is 59.7 Å². The van der Waals surface area contributed by atoms with Crippen LogP contribution >= 0.6 is 0 Å². The molecule has 6 nitrogen and oxygen atoms in total. The number of carbonyl (C=O) groups is 2. The quantitative estimate of drug-likeness (QED) is 0.629. The van der Waals surface area contributed by atoms with Crippen LogP contribution in [-0.2, 0) is 11.4 Å². The van der Waals surface area contributed by atoms with Gasteiger partial charge in [0.25, 0.3) is 5.91 Å². The van der Waals surface area contributed by atoms with Gasteiger partial charge in [-0.1, -0.05) is 44.2 Å². The molecule has 0 radical (unpaired) electrons. The van der Waals surface area contributed by atoms with E-state index in [1.54, 1.807) is 25.3 Å². The largest absolute Gasteiger partial charge is 0.493 e. The summed E-state index contributed by atoms with van der Waals surface area (Å²) < 4.78 is 11.3. The lowest BCUT2D eigenvalue weighted by atomic mass is 9.98. The van der Waals surface area contributed by atoms with Gasteiger partial charge in [-0.15, -0.1) is 0 Å². The molecule has 0 unspecified atom stereocenters. The predicted octanol–water partition coefficient (Wildman–Crippen LogP) is 4.43. The lowest BCUT2D eigenvalue weighted by Gasteiger charge is -2.34. The Balaban J connectivity index is 1.54. The molecule has 0 saturated carbocycles. The van der Waals surface area contributed by atoms with Gasteiger partial charge in [0.2, 0.25) is 5.91 Å². The monoisotopic (exact) mass is 438 g/mol. The number of nitrogens with zero attached hydrogens (tertiary/aromatic N) is 1. The molecule has 0 atom stereocenters. The second-order valence-electron chi connectivity index (χ2n) is 8.23. The first-order valence-corrected chi connectivity index (χ1v) is 11.5. The molecule has 2 aromatic carbocycles. The van der Waals surface area contributed by atoms with Crippen LogP contribution < -0.4 is 14.8 Å². The average Bonchev–Trinajstić information content (AvgIpc) is 2.84. The Morgan fingerprint density at radius 3 is 2.34 bits per heavy atom. The third kappa shape index (κ3) is 6.02. The first-order valence-electron chi connectivity index (χ1n) is 11.5. The number of hydrogen-bond donors (Lipinski definition) is 1. The zero-order chi connectivity index (χ0) is 22.9. The summed E-state index contributed by atoms with van der Waals surface area (Å²) >= 11 is 0. The maximum Gasteiger partial charge on any atom is 0.251 e. The fraction of sp³-hybridized carbons (Fsp3) is 0.462. The minimum atomic E-state index is -0.136. The molecule has 0 bridgehead atoms. The third-order valence-electron chi connectivity index (χ3n) is 6.14. The van der Waals surface area contributed by atoms with Crippen molar-refractivity contribution in [2.75, 3.05) is 20.2 Å². The average molecular weight is 439 g/mol. The number of hydrogen-bond acceptors (Lipinski definition) is 4. The molecule has 1 aliphatic heterocycles. The highest BCUT2D eigenvalue weighted by Crippen LogP contribution is 2.29. The van der Waals surface area contributed by atoms with E-state index in [4.69, 9.17) is 9.47 Å². The van der Waals surface area contributed by atoms with E-state index in [0.717, 1.165) is 31.2 Å².